The number of methoxy groups -OCH3 is 1. The number of carbonyl (C=O) groups excluding carboxylic acids is 1. The number of carbonyl (C=O) groups is 1. The average Bonchev–Trinajstić information content (AvgIpc) is 2.51. The lowest BCUT2D eigenvalue weighted by atomic mass is 10.1. The predicted molar refractivity (Wildman–Crippen MR) is 84.8 cm³/mol. The van der Waals surface area contributed by atoms with E-state index in [4.69, 9.17) is 9.47 Å². The molecule has 1 N–H and O–H groups in total. The Morgan fingerprint density at radius 3 is 2.76 bits per heavy atom. The first-order valence-electron chi connectivity index (χ1n) is 7.02. The van der Waals surface area contributed by atoms with Gasteiger partial charge in [-0.2, -0.15) is 0 Å². The molecule has 0 radical (unpaired) electrons. The molecule has 0 unspecified atom stereocenters. The lowest BCUT2D eigenvalue weighted by molar-refractivity contribution is -0.116. The van der Waals surface area contributed by atoms with E-state index in [0.29, 0.717) is 13.2 Å². The molecule has 1 rings (SSSR count). The average molecular weight is 289 g/mol. The molecule has 0 aliphatic heterocycles. The molecule has 0 saturated heterocycles. The summed E-state index contributed by atoms with van der Waals surface area (Å²) in [4.78, 5) is 11.0. The Hall–Kier alpha value is -2.23. The molecule has 4 heteroatoms. The van der Waals surface area contributed by atoms with Crippen molar-refractivity contribution in [1.29, 1.82) is 0 Å². The van der Waals surface area contributed by atoms with Crippen LogP contribution in [0.25, 0.3) is 0 Å². The molecule has 4 nitrogen and oxygen atoms in total. The number of allylic oxidation sites excluding steroid dienone is 1. The van der Waals surface area contributed by atoms with E-state index in [1.54, 1.807) is 7.11 Å². The number of ether oxygens (including phenoxy) is 2. The first kappa shape index (κ1) is 16.8. The van der Waals surface area contributed by atoms with Crippen molar-refractivity contribution in [3.05, 3.63) is 49.1 Å². The van der Waals surface area contributed by atoms with Gasteiger partial charge in [-0.25, -0.2) is 0 Å². The highest BCUT2D eigenvalue weighted by atomic mass is 16.5. The van der Waals surface area contributed by atoms with Crippen molar-refractivity contribution in [3.63, 3.8) is 0 Å². The van der Waals surface area contributed by atoms with E-state index in [0.717, 1.165) is 36.3 Å². The molecular formula is C17H23NO3. The molecule has 0 fully saturated rings. The monoisotopic (exact) mass is 289 g/mol. The fourth-order valence-corrected chi connectivity index (χ4v) is 1.82. The fraction of sp³-hybridized carbons (Fsp3) is 0.353. The molecular weight excluding hydrogens is 266 g/mol. The van der Waals surface area contributed by atoms with Gasteiger partial charge in [-0.15, -0.1) is 6.58 Å². The van der Waals surface area contributed by atoms with E-state index in [2.05, 4.69) is 18.5 Å². The molecule has 0 bridgehead atoms. The Kier molecular flexibility index (Phi) is 7.72. The third-order valence-corrected chi connectivity index (χ3v) is 2.92. The molecule has 0 aliphatic carbocycles. The zero-order chi connectivity index (χ0) is 15.5. The van der Waals surface area contributed by atoms with Gasteiger partial charge in [0.05, 0.1) is 13.7 Å². The summed E-state index contributed by atoms with van der Waals surface area (Å²) < 4.78 is 11.0. The van der Waals surface area contributed by atoms with Gasteiger partial charge in [0.25, 0.3) is 0 Å². The van der Waals surface area contributed by atoms with Crippen LogP contribution in [0.2, 0.25) is 0 Å². The normalized spacial score (nSPS) is 9.76. The Labute approximate surface area is 126 Å². The second-order valence-electron chi connectivity index (χ2n) is 4.53. The number of nitrogens with one attached hydrogen (secondary N) is 1. The van der Waals surface area contributed by atoms with Crippen LogP contribution in [0.1, 0.15) is 18.4 Å². The molecule has 0 saturated carbocycles. The second-order valence-corrected chi connectivity index (χ2v) is 4.53. The van der Waals surface area contributed by atoms with Crippen molar-refractivity contribution in [2.45, 2.75) is 19.3 Å². The molecule has 0 heterocycles. The first-order valence-corrected chi connectivity index (χ1v) is 7.02. The van der Waals surface area contributed by atoms with Crippen LogP contribution in [0.5, 0.6) is 11.5 Å². The van der Waals surface area contributed by atoms with Crippen LogP contribution < -0.4 is 14.8 Å². The summed E-state index contributed by atoms with van der Waals surface area (Å²) in [7, 11) is 1.63. The largest absolute Gasteiger partial charge is 0.493 e. The molecule has 21 heavy (non-hydrogen) atoms. The van der Waals surface area contributed by atoms with E-state index in [-0.39, 0.29) is 5.91 Å². The number of hydrogen-bond acceptors (Lipinski definition) is 3. The number of hydrogen-bond donors (Lipinski definition) is 1. The van der Waals surface area contributed by atoms with E-state index in [1.807, 2.05) is 24.3 Å². The Morgan fingerprint density at radius 1 is 1.29 bits per heavy atom. The first-order chi connectivity index (χ1) is 10.2. The summed E-state index contributed by atoms with van der Waals surface area (Å²) in [6, 6.07) is 5.88. The van der Waals surface area contributed by atoms with Gasteiger partial charge in [0.1, 0.15) is 0 Å². The summed E-state index contributed by atoms with van der Waals surface area (Å²) in [5.41, 5.74) is 1.14. The smallest absolute Gasteiger partial charge is 0.243 e. The fourth-order valence-electron chi connectivity index (χ4n) is 1.82. The maximum Gasteiger partial charge on any atom is 0.243 e. The summed E-state index contributed by atoms with van der Waals surface area (Å²) in [6.45, 7) is 8.33. The Morgan fingerprint density at radius 2 is 2.10 bits per heavy atom. The van der Waals surface area contributed by atoms with Crippen LogP contribution in [0.15, 0.2) is 43.5 Å². The molecule has 0 atom stereocenters. The minimum Gasteiger partial charge on any atom is -0.493 e. The van der Waals surface area contributed by atoms with Gasteiger partial charge in [-0.3, -0.25) is 4.79 Å². The number of unbranched alkanes of at least 4 members (excludes halogenated alkanes) is 1. The van der Waals surface area contributed by atoms with Gasteiger partial charge in [0, 0.05) is 6.54 Å². The lowest BCUT2D eigenvalue weighted by Gasteiger charge is -2.12. The molecule has 1 aromatic rings. The third-order valence-electron chi connectivity index (χ3n) is 2.92. The highest BCUT2D eigenvalue weighted by Crippen LogP contribution is 2.28. The van der Waals surface area contributed by atoms with Crippen molar-refractivity contribution >= 4 is 5.91 Å². The predicted octanol–water partition coefficient (Wildman–Crippen LogP) is 2.88. The highest BCUT2D eigenvalue weighted by Gasteiger charge is 2.05. The van der Waals surface area contributed by atoms with Crippen molar-refractivity contribution in [2.24, 2.45) is 0 Å². The molecule has 114 valence electrons. The minimum atomic E-state index is -0.143. The highest BCUT2D eigenvalue weighted by molar-refractivity contribution is 5.86. The molecule has 0 aliphatic rings. The number of amides is 1. The lowest BCUT2D eigenvalue weighted by Crippen LogP contribution is -2.22. The second kappa shape index (κ2) is 9.64. The van der Waals surface area contributed by atoms with Crippen molar-refractivity contribution < 1.29 is 14.3 Å². The van der Waals surface area contributed by atoms with E-state index in [1.165, 1.54) is 6.08 Å². The van der Waals surface area contributed by atoms with Crippen LogP contribution in [0.4, 0.5) is 0 Å². The van der Waals surface area contributed by atoms with E-state index < -0.39 is 0 Å². The summed E-state index contributed by atoms with van der Waals surface area (Å²) in [5.74, 6) is 1.32. The standard InChI is InChI=1S/C17H23NO3/c1-4-8-14-9-10-15(16(13-14)20-3)21-12-7-6-11-18-17(19)5-2/h4-5,9-10,13H,1-2,6-8,11-12H2,3H3,(H,18,19). The van der Waals surface area contributed by atoms with Gasteiger partial charge in [0.2, 0.25) is 5.91 Å². The van der Waals surface area contributed by atoms with E-state index in [9.17, 15) is 4.79 Å². The van der Waals surface area contributed by atoms with Crippen molar-refractivity contribution in [3.8, 4) is 11.5 Å². The quantitative estimate of drug-likeness (QED) is 0.409. The Balaban J connectivity index is 2.36. The Bertz CT molecular complexity index is 483. The zero-order valence-electron chi connectivity index (χ0n) is 12.6. The summed E-state index contributed by atoms with van der Waals surface area (Å²) in [5, 5.41) is 2.73. The van der Waals surface area contributed by atoms with Crippen LogP contribution >= 0.6 is 0 Å². The van der Waals surface area contributed by atoms with Crippen LogP contribution in [0, 0.1) is 0 Å². The molecule has 1 amide bonds. The molecule has 0 aromatic heterocycles. The summed E-state index contributed by atoms with van der Waals surface area (Å²) >= 11 is 0. The van der Waals surface area contributed by atoms with Crippen LogP contribution in [-0.4, -0.2) is 26.2 Å². The third kappa shape index (κ3) is 6.17. The van der Waals surface area contributed by atoms with Gasteiger partial charge in [-0.1, -0.05) is 18.7 Å². The maximum atomic E-state index is 11.0. The maximum absolute atomic E-state index is 11.0. The summed E-state index contributed by atoms with van der Waals surface area (Å²) in [6.07, 6.45) is 5.64. The van der Waals surface area contributed by atoms with Crippen LogP contribution in [0.3, 0.4) is 0 Å². The topological polar surface area (TPSA) is 47.6 Å². The van der Waals surface area contributed by atoms with Gasteiger partial charge < -0.3 is 14.8 Å². The van der Waals surface area contributed by atoms with Gasteiger partial charge in [-0.05, 0) is 43.0 Å². The van der Waals surface area contributed by atoms with Crippen molar-refractivity contribution in [1.82, 2.24) is 5.32 Å². The van der Waals surface area contributed by atoms with Gasteiger partial charge in [0.15, 0.2) is 11.5 Å². The number of benzene rings is 1. The SMILES string of the molecule is C=CCc1ccc(OCCCCNC(=O)C=C)c(OC)c1. The van der Waals surface area contributed by atoms with Crippen molar-refractivity contribution in [2.75, 3.05) is 20.3 Å². The van der Waals surface area contributed by atoms with Crippen LogP contribution in [-0.2, 0) is 11.2 Å². The minimum absolute atomic E-state index is 0.143. The van der Waals surface area contributed by atoms with Gasteiger partial charge >= 0.3 is 0 Å². The zero-order valence-corrected chi connectivity index (χ0v) is 12.6. The molecule has 1 aromatic carbocycles. The number of rotatable bonds is 10. The van der Waals surface area contributed by atoms with E-state index >= 15 is 0 Å². The molecule has 0 spiro atoms.